The fraction of sp³-hybridized carbons (Fsp3) is 0.769. The summed E-state index contributed by atoms with van der Waals surface area (Å²) >= 11 is 0. The van der Waals surface area contributed by atoms with E-state index in [0.717, 1.165) is 0 Å². The number of hydrogen-bond acceptors (Lipinski definition) is 3. The predicted octanol–water partition coefficient (Wildman–Crippen LogP) is 0.232. The van der Waals surface area contributed by atoms with Crippen LogP contribution in [0.15, 0.2) is 0 Å². The summed E-state index contributed by atoms with van der Waals surface area (Å²) in [6.07, 6.45) is 0. The normalized spacial score (nSPS) is 24.5. The number of carbonyl (C=O) groups excluding carboxylic acids is 2. The van der Waals surface area contributed by atoms with Gasteiger partial charge in [-0.2, -0.15) is 0 Å². The van der Waals surface area contributed by atoms with Gasteiger partial charge in [0.05, 0.1) is 17.3 Å². The van der Waals surface area contributed by atoms with Gasteiger partial charge in [0.1, 0.15) is 0 Å². The molecule has 1 saturated carbocycles. The van der Waals surface area contributed by atoms with Gasteiger partial charge in [0.2, 0.25) is 11.8 Å². The van der Waals surface area contributed by atoms with Crippen molar-refractivity contribution in [2.45, 2.75) is 27.7 Å². The fourth-order valence-corrected chi connectivity index (χ4v) is 2.42. The van der Waals surface area contributed by atoms with E-state index in [2.05, 4.69) is 10.6 Å². The van der Waals surface area contributed by atoms with Crippen LogP contribution in [0.5, 0.6) is 0 Å². The number of amides is 2. The second-order valence-corrected chi connectivity index (χ2v) is 6.30. The highest BCUT2D eigenvalue weighted by Crippen LogP contribution is 2.58. The molecule has 2 atom stereocenters. The summed E-state index contributed by atoms with van der Waals surface area (Å²) in [5.74, 6) is -2.58. The van der Waals surface area contributed by atoms with Crippen LogP contribution >= 0.6 is 0 Å². The van der Waals surface area contributed by atoms with Crippen molar-refractivity contribution in [3.05, 3.63) is 0 Å². The minimum Gasteiger partial charge on any atom is -0.481 e. The largest absolute Gasteiger partial charge is 0.481 e. The van der Waals surface area contributed by atoms with Crippen LogP contribution < -0.4 is 10.6 Å². The minimum absolute atomic E-state index is 0.169. The topological polar surface area (TPSA) is 95.5 Å². The number of nitrogens with one attached hydrogen (secondary N) is 2. The lowest BCUT2D eigenvalue weighted by Crippen LogP contribution is -2.44. The first-order valence-corrected chi connectivity index (χ1v) is 6.28. The smallest absolute Gasteiger partial charge is 0.307 e. The number of carbonyl (C=O) groups is 3. The highest BCUT2D eigenvalue weighted by atomic mass is 16.4. The van der Waals surface area contributed by atoms with E-state index < -0.39 is 28.6 Å². The third-order valence-electron chi connectivity index (χ3n) is 3.92. The molecule has 3 N–H and O–H groups in total. The quantitative estimate of drug-likeness (QED) is 0.666. The minimum atomic E-state index is -0.948. The molecule has 0 aromatic heterocycles. The summed E-state index contributed by atoms with van der Waals surface area (Å²) in [5, 5.41) is 14.2. The van der Waals surface area contributed by atoms with Crippen molar-refractivity contribution >= 4 is 17.8 Å². The lowest BCUT2D eigenvalue weighted by atomic mass is 9.92. The van der Waals surface area contributed by atoms with Gasteiger partial charge in [0.15, 0.2) is 0 Å². The molecule has 0 radical (unpaired) electrons. The van der Waals surface area contributed by atoms with E-state index in [1.54, 1.807) is 27.7 Å². The van der Waals surface area contributed by atoms with Crippen LogP contribution in [0.25, 0.3) is 0 Å². The molecule has 0 aliphatic heterocycles. The van der Waals surface area contributed by atoms with Crippen molar-refractivity contribution in [3.8, 4) is 0 Å². The summed E-state index contributed by atoms with van der Waals surface area (Å²) in [6.45, 7) is 7.15. The fourth-order valence-electron chi connectivity index (χ4n) is 2.42. The van der Waals surface area contributed by atoms with E-state index in [0.29, 0.717) is 0 Å². The average Bonchev–Trinajstić information content (AvgIpc) is 2.88. The molecule has 0 aromatic carbocycles. The van der Waals surface area contributed by atoms with Gasteiger partial charge in [-0.3, -0.25) is 14.4 Å². The number of hydrogen-bond donors (Lipinski definition) is 3. The van der Waals surface area contributed by atoms with Crippen LogP contribution in [0.2, 0.25) is 0 Å². The molecule has 6 nitrogen and oxygen atoms in total. The SMILES string of the molecule is CNC(=O)C(C)(C)CNC(=O)[C@@H]1[C@H](C(=O)O)C1(C)C. The van der Waals surface area contributed by atoms with E-state index in [-0.39, 0.29) is 18.4 Å². The number of carboxylic acid groups (broad SMARTS) is 1. The molecule has 6 heteroatoms. The summed E-state index contributed by atoms with van der Waals surface area (Å²) in [6, 6.07) is 0. The summed E-state index contributed by atoms with van der Waals surface area (Å²) in [7, 11) is 1.54. The first kappa shape index (κ1) is 15.5. The molecule has 0 aromatic rings. The van der Waals surface area contributed by atoms with Gasteiger partial charge >= 0.3 is 5.97 Å². The number of rotatable bonds is 5. The first-order valence-electron chi connectivity index (χ1n) is 6.28. The van der Waals surface area contributed by atoms with Gasteiger partial charge in [-0.1, -0.05) is 13.8 Å². The standard InChI is InChI=1S/C13H22N2O4/c1-12(2,11(19)14-5)6-15-9(16)7-8(10(17)18)13(7,3)4/h7-8H,6H2,1-5H3,(H,14,19)(H,15,16)(H,17,18)/t7-,8+/m0/s1. The second-order valence-electron chi connectivity index (χ2n) is 6.30. The zero-order valence-corrected chi connectivity index (χ0v) is 12.0. The molecule has 1 fully saturated rings. The van der Waals surface area contributed by atoms with Gasteiger partial charge in [0.25, 0.3) is 0 Å². The zero-order chi connectivity index (χ0) is 15.0. The molecule has 1 rings (SSSR count). The van der Waals surface area contributed by atoms with Crippen molar-refractivity contribution in [2.24, 2.45) is 22.7 Å². The number of carboxylic acids is 1. The van der Waals surface area contributed by atoms with Crippen molar-refractivity contribution in [1.29, 1.82) is 0 Å². The molecular weight excluding hydrogens is 248 g/mol. The van der Waals surface area contributed by atoms with E-state index in [1.807, 2.05) is 0 Å². The Morgan fingerprint density at radius 2 is 1.74 bits per heavy atom. The maximum Gasteiger partial charge on any atom is 0.307 e. The van der Waals surface area contributed by atoms with E-state index in [9.17, 15) is 14.4 Å². The second kappa shape index (κ2) is 4.83. The Kier molecular flexibility index (Phi) is 3.93. The van der Waals surface area contributed by atoms with E-state index >= 15 is 0 Å². The zero-order valence-electron chi connectivity index (χ0n) is 12.0. The van der Waals surface area contributed by atoms with Crippen molar-refractivity contribution < 1.29 is 19.5 Å². The van der Waals surface area contributed by atoms with Crippen molar-refractivity contribution in [2.75, 3.05) is 13.6 Å². The Hall–Kier alpha value is -1.59. The lowest BCUT2D eigenvalue weighted by Gasteiger charge is -2.23. The van der Waals surface area contributed by atoms with Crippen molar-refractivity contribution in [1.82, 2.24) is 10.6 Å². The van der Waals surface area contributed by atoms with Gasteiger partial charge in [-0.25, -0.2) is 0 Å². The number of aliphatic carboxylic acids is 1. The molecule has 0 bridgehead atoms. The van der Waals surface area contributed by atoms with Gasteiger partial charge in [-0.05, 0) is 19.3 Å². The highest BCUT2D eigenvalue weighted by Gasteiger charge is 2.65. The highest BCUT2D eigenvalue weighted by molar-refractivity contribution is 5.92. The van der Waals surface area contributed by atoms with Gasteiger partial charge in [-0.15, -0.1) is 0 Å². The molecule has 19 heavy (non-hydrogen) atoms. The van der Waals surface area contributed by atoms with Crippen LogP contribution in [-0.4, -0.2) is 36.5 Å². The maximum absolute atomic E-state index is 12.0. The third-order valence-corrected chi connectivity index (χ3v) is 3.92. The summed E-state index contributed by atoms with van der Waals surface area (Å²) in [4.78, 5) is 34.6. The van der Waals surface area contributed by atoms with Crippen LogP contribution in [0.1, 0.15) is 27.7 Å². The van der Waals surface area contributed by atoms with Gasteiger partial charge < -0.3 is 15.7 Å². The molecular formula is C13H22N2O4. The van der Waals surface area contributed by atoms with Crippen LogP contribution in [-0.2, 0) is 14.4 Å². The molecule has 0 saturated heterocycles. The van der Waals surface area contributed by atoms with Crippen molar-refractivity contribution in [3.63, 3.8) is 0 Å². The summed E-state index contributed by atoms with van der Waals surface area (Å²) in [5.41, 5.74) is -1.24. The van der Waals surface area contributed by atoms with Crippen LogP contribution in [0.4, 0.5) is 0 Å². The Labute approximate surface area is 112 Å². The average molecular weight is 270 g/mol. The van der Waals surface area contributed by atoms with E-state index in [1.165, 1.54) is 7.05 Å². The first-order chi connectivity index (χ1) is 8.55. The Bertz CT molecular complexity index is 415. The molecule has 0 heterocycles. The lowest BCUT2D eigenvalue weighted by molar-refractivity contribution is -0.140. The maximum atomic E-state index is 12.0. The Morgan fingerprint density at radius 1 is 1.21 bits per heavy atom. The Morgan fingerprint density at radius 3 is 2.11 bits per heavy atom. The summed E-state index contributed by atoms with van der Waals surface area (Å²) < 4.78 is 0. The molecule has 1 aliphatic carbocycles. The molecule has 0 spiro atoms. The monoisotopic (exact) mass is 270 g/mol. The van der Waals surface area contributed by atoms with Crippen LogP contribution in [0.3, 0.4) is 0 Å². The van der Waals surface area contributed by atoms with Crippen LogP contribution in [0, 0.1) is 22.7 Å². The molecule has 0 unspecified atom stereocenters. The van der Waals surface area contributed by atoms with E-state index in [4.69, 9.17) is 5.11 Å². The predicted molar refractivity (Wildman–Crippen MR) is 69.3 cm³/mol. The Balaban J connectivity index is 2.59. The third kappa shape index (κ3) is 2.88. The molecule has 2 amide bonds. The molecule has 108 valence electrons. The van der Waals surface area contributed by atoms with Gasteiger partial charge in [0, 0.05) is 13.6 Å². The molecule has 1 aliphatic rings.